The van der Waals surface area contributed by atoms with Crippen molar-refractivity contribution in [3.63, 3.8) is 0 Å². The molecular formula is C13H30FNO3S. The summed E-state index contributed by atoms with van der Waals surface area (Å²) in [7, 11) is -0.0173. The van der Waals surface area contributed by atoms with E-state index in [4.69, 9.17) is 4.55 Å². The van der Waals surface area contributed by atoms with Gasteiger partial charge in [0.2, 0.25) is 0 Å². The molecule has 0 aliphatic heterocycles. The Balaban J connectivity index is 0. The minimum Gasteiger partial charge on any atom is -0.323 e. The standard InChI is InChI=1S/C11H23FO3S.C2H7N/c12-10-8-6-4-2-1-3-5-7-9-11-16(13,14)15;1-3-2/h1-11H2,(H,13,14,15);3H,1-2H3. The number of halogens is 1. The normalized spacial score (nSPS) is 10.9. The zero-order valence-electron chi connectivity index (χ0n) is 12.3. The topological polar surface area (TPSA) is 66.4 Å². The predicted octanol–water partition coefficient (Wildman–Crippen LogP) is 3.19. The van der Waals surface area contributed by atoms with Gasteiger partial charge in [0.05, 0.1) is 12.4 Å². The highest BCUT2D eigenvalue weighted by Gasteiger charge is 2.02. The molecule has 0 amide bonds. The Morgan fingerprint density at radius 3 is 1.47 bits per heavy atom. The first kappa shape index (κ1) is 21.1. The number of hydrogen-bond donors (Lipinski definition) is 2. The average molecular weight is 299 g/mol. The molecule has 0 heterocycles. The third-order valence-corrected chi connectivity index (χ3v) is 3.34. The molecule has 0 aromatic rings. The second-order valence-electron chi connectivity index (χ2n) is 4.66. The van der Waals surface area contributed by atoms with Gasteiger partial charge in [0.25, 0.3) is 10.1 Å². The van der Waals surface area contributed by atoms with Gasteiger partial charge in [0, 0.05) is 0 Å². The van der Waals surface area contributed by atoms with E-state index in [1.165, 1.54) is 0 Å². The van der Waals surface area contributed by atoms with Crippen LogP contribution in [0.3, 0.4) is 0 Å². The average Bonchev–Trinajstić information content (AvgIpc) is 2.31. The minimum absolute atomic E-state index is 0.122. The predicted molar refractivity (Wildman–Crippen MR) is 78.9 cm³/mol. The smallest absolute Gasteiger partial charge is 0.264 e. The number of hydrogen-bond acceptors (Lipinski definition) is 3. The Kier molecular flexibility index (Phi) is 17.6. The Morgan fingerprint density at radius 1 is 0.842 bits per heavy atom. The van der Waals surface area contributed by atoms with Gasteiger partial charge in [-0.05, 0) is 26.9 Å². The summed E-state index contributed by atoms with van der Waals surface area (Å²) < 4.78 is 41.0. The lowest BCUT2D eigenvalue weighted by Crippen LogP contribution is -2.03. The van der Waals surface area contributed by atoms with Crippen molar-refractivity contribution in [3.05, 3.63) is 0 Å². The summed E-state index contributed by atoms with van der Waals surface area (Å²) >= 11 is 0. The van der Waals surface area contributed by atoms with E-state index in [9.17, 15) is 12.8 Å². The largest absolute Gasteiger partial charge is 0.323 e. The van der Waals surface area contributed by atoms with E-state index in [1.807, 2.05) is 14.1 Å². The molecule has 0 spiro atoms. The van der Waals surface area contributed by atoms with Gasteiger partial charge in [-0.2, -0.15) is 8.42 Å². The molecule has 2 N–H and O–H groups in total. The molecule has 0 aromatic heterocycles. The summed E-state index contributed by atoms with van der Waals surface area (Å²) in [6, 6.07) is 0. The van der Waals surface area contributed by atoms with Gasteiger partial charge in [-0.15, -0.1) is 0 Å². The molecule has 19 heavy (non-hydrogen) atoms. The van der Waals surface area contributed by atoms with Crippen LogP contribution in [0.5, 0.6) is 0 Å². The molecule has 0 radical (unpaired) electrons. The molecule has 0 bridgehead atoms. The number of alkyl halides is 1. The van der Waals surface area contributed by atoms with Crippen LogP contribution < -0.4 is 5.32 Å². The van der Waals surface area contributed by atoms with Crippen molar-refractivity contribution in [2.24, 2.45) is 0 Å². The first-order valence-corrected chi connectivity index (χ1v) is 8.68. The SMILES string of the molecule is CNC.O=S(=O)(O)CCCCCCCCCCCF. The van der Waals surface area contributed by atoms with Gasteiger partial charge in [0.1, 0.15) is 0 Å². The molecule has 0 saturated heterocycles. The van der Waals surface area contributed by atoms with Crippen molar-refractivity contribution in [2.45, 2.75) is 57.8 Å². The van der Waals surface area contributed by atoms with Crippen LogP contribution in [0.4, 0.5) is 4.39 Å². The van der Waals surface area contributed by atoms with Gasteiger partial charge < -0.3 is 5.32 Å². The fraction of sp³-hybridized carbons (Fsp3) is 1.00. The highest BCUT2D eigenvalue weighted by Crippen LogP contribution is 2.10. The zero-order chi connectivity index (χ0) is 15.0. The highest BCUT2D eigenvalue weighted by atomic mass is 32.2. The summed E-state index contributed by atoms with van der Waals surface area (Å²) in [5, 5.41) is 2.75. The Bertz CT molecular complexity index is 259. The van der Waals surface area contributed by atoms with Crippen molar-refractivity contribution in [3.8, 4) is 0 Å². The van der Waals surface area contributed by atoms with Crippen molar-refractivity contribution < 1.29 is 17.4 Å². The fourth-order valence-corrected chi connectivity index (χ4v) is 2.19. The van der Waals surface area contributed by atoms with Gasteiger partial charge in [0.15, 0.2) is 0 Å². The Labute approximate surface area is 117 Å². The highest BCUT2D eigenvalue weighted by molar-refractivity contribution is 7.85. The van der Waals surface area contributed by atoms with Crippen molar-refractivity contribution in [1.82, 2.24) is 5.32 Å². The quantitative estimate of drug-likeness (QED) is 0.454. The van der Waals surface area contributed by atoms with Crippen LogP contribution in [0.15, 0.2) is 0 Å². The zero-order valence-corrected chi connectivity index (χ0v) is 13.1. The van der Waals surface area contributed by atoms with Gasteiger partial charge in [-0.3, -0.25) is 8.94 Å². The van der Waals surface area contributed by atoms with Crippen LogP contribution in [-0.4, -0.2) is 39.5 Å². The van der Waals surface area contributed by atoms with Crippen molar-refractivity contribution >= 4 is 10.1 Å². The first-order valence-electron chi connectivity index (χ1n) is 7.07. The second-order valence-corrected chi connectivity index (χ2v) is 6.23. The molecule has 118 valence electrons. The third kappa shape index (κ3) is 27.1. The number of nitrogens with one attached hydrogen (secondary N) is 1. The maximum atomic E-state index is 11.7. The molecule has 0 aromatic carbocycles. The lowest BCUT2D eigenvalue weighted by Gasteiger charge is -2.01. The molecular weight excluding hydrogens is 269 g/mol. The molecule has 0 atom stereocenters. The maximum Gasteiger partial charge on any atom is 0.264 e. The summed E-state index contributed by atoms with van der Waals surface area (Å²) in [6.45, 7) is -0.213. The second kappa shape index (κ2) is 15.9. The molecule has 6 heteroatoms. The van der Waals surface area contributed by atoms with Crippen LogP contribution in [0, 0.1) is 0 Å². The number of unbranched alkanes of at least 4 members (excludes halogenated alkanes) is 8. The first-order chi connectivity index (χ1) is 8.97. The molecule has 0 rings (SSSR count). The van der Waals surface area contributed by atoms with Crippen LogP contribution in [0.2, 0.25) is 0 Å². The molecule has 0 fully saturated rings. The van der Waals surface area contributed by atoms with E-state index in [-0.39, 0.29) is 12.4 Å². The fourth-order valence-electron chi connectivity index (χ4n) is 1.62. The van der Waals surface area contributed by atoms with Gasteiger partial charge in [-0.1, -0.05) is 44.9 Å². The van der Waals surface area contributed by atoms with Gasteiger partial charge >= 0.3 is 0 Å². The van der Waals surface area contributed by atoms with E-state index in [0.717, 1.165) is 44.9 Å². The lowest BCUT2D eigenvalue weighted by atomic mass is 10.1. The summed E-state index contributed by atoms with van der Waals surface area (Å²) in [5.41, 5.74) is 0. The number of rotatable bonds is 11. The van der Waals surface area contributed by atoms with E-state index < -0.39 is 10.1 Å². The summed E-state index contributed by atoms with van der Waals surface area (Å²) in [5.74, 6) is -0.122. The Hall–Kier alpha value is -0.200. The van der Waals surface area contributed by atoms with Crippen LogP contribution in [0.1, 0.15) is 57.8 Å². The van der Waals surface area contributed by atoms with E-state index >= 15 is 0 Å². The molecule has 0 aliphatic rings. The lowest BCUT2D eigenvalue weighted by molar-refractivity contribution is 0.448. The summed E-state index contributed by atoms with van der Waals surface area (Å²) in [6.07, 6.45) is 8.52. The molecule has 0 saturated carbocycles. The minimum atomic E-state index is -3.77. The van der Waals surface area contributed by atoms with E-state index in [1.54, 1.807) is 0 Å². The molecule has 4 nitrogen and oxygen atoms in total. The third-order valence-electron chi connectivity index (χ3n) is 2.54. The Morgan fingerprint density at radius 2 is 1.16 bits per heavy atom. The van der Waals surface area contributed by atoms with Crippen LogP contribution in [0.25, 0.3) is 0 Å². The van der Waals surface area contributed by atoms with Crippen LogP contribution in [-0.2, 0) is 10.1 Å². The monoisotopic (exact) mass is 299 g/mol. The molecule has 0 aliphatic carbocycles. The van der Waals surface area contributed by atoms with E-state index in [2.05, 4.69) is 5.32 Å². The van der Waals surface area contributed by atoms with Crippen LogP contribution >= 0.6 is 0 Å². The van der Waals surface area contributed by atoms with Crippen molar-refractivity contribution in [1.29, 1.82) is 0 Å². The summed E-state index contributed by atoms with van der Waals surface area (Å²) in [4.78, 5) is 0. The van der Waals surface area contributed by atoms with Gasteiger partial charge in [-0.25, -0.2) is 0 Å². The van der Waals surface area contributed by atoms with E-state index in [0.29, 0.717) is 12.8 Å². The maximum absolute atomic E-state index is 11.7. The van der Waals surface area contributed by atoms with Crippen molar-refractivity contribution in [2.75, 3.05) is 26.5 Å². The molecule has 0 unspecified atom stereocenters.